The number of amides is 1. The molecular weight excluding hydrogens is 274 g/mol. The molecular formula is C14H23N3O4. The number of hydrogen-bond donors (Lipinski definition) is 2. The Kier molecular flexibility index (Phi) is 6.74. The molecule has 0 aliphatic rings. The Hall–Kier alpha value is -2.02. The van der Waals surface area contributed by atoms with Crippen molar-refractivity contribution in [2.75, 3.05) is 32.1 Å². The van der Waals surface area contributed by atoms with Crippen molar-refractivity contribution in [3.8, 4) is 5.88 Å². The van der Waals surface area contributed by atoms with Gasteiger partial charge in [0.25, 0.3) is 0 Å². The lowest BCUT2D eigenvalue weighted by molar-refractivity contribution is 0.0488. The van der Waals surface area contributed by atoms with Crippen LogP contribution in [0.25, 0.3) is 0 Å². The van der Waals surface area contributed by atoms with Crippen molar-refractivity contribution in [3.63, 3.8) is 0 Å². The van der Waals surface area contributed by atoms with Crippen LogP contribution in [0.1, 0.15) is 20.8 Å². The number of nitrogen functional groups attached to an aromatic ring is 1. The Labute approximate surface area is 124 Å². The summed E-state index contributed by atoms with van der Waals surface area (Å²) in [6.45, 7) is 6.95. The number of nitrogens with one attached hydrogen (secondary N) is 1. The molecule has 1 aromatic heterocycles. The van der Waals surface area contributed by atoms with Crippen LogP contribution in [-0.2, 0) is 9.47 Å². The SMILES string of the molecule is CC(C)(C)OC(=O)NCCOCCOc1cc(N)ccn1. The maximum absolute atomic E-state index is 11.3. The molecule has 7 nitrogen and oxygen atoms in total. The number of ether oxygens (including phenoxy) is 3. The normalized spacial score (nSPS) is 11.0. The molecule has 0 aliphatic carbocycles. The smallest absolute Gasteiger partial charge is 0.407 e. The van der Waals surface area contributed by atoms with Crippen LogP contribution in [0.2, 0.25) is 0 Å². The van der Waals surface area contributed by atoms with Crippen LogP contribution in [0.3, 0.4) is 0 Å². The molecule has 1 amide bonds. The van der Waals surface area contributed by atoms with E-state index >= 15 is 0 Å². The summed E-state index contributed by atoms with van der Waals surface area (Å²) in [6.07, 6.45) is 1.13. The molecule has 118 valence electrons. The van der Waals surface area contributed by atoms with E-state index in [0.717, 1.165) is 0 Å². The molecule has 1 rings (SSSR count). The van der Waals surface area contributed by atoms with E-state index in [-0.39, 0.29) is 0 Å². The third-order valence-electron chi connectivity index (χ3n) is 2.15. The van der Waals surface area contributed by atoms with Crippen molar-refractivity contribution in [3.05, 3.63) is 18.3 Å². The topological polar surface area (TPSA) is 95.7 Å². The molecule has 0 saturated carbocycles. The summed E-state index contributed by atoms with van der Waals surface area (Å²) in [5, 5.41) is 2.60. The molecule has 0 aliphatic heterocycles. The summed E-state index contributed by atoms with van der Waals surface area (Å²) < 4.78 is 15.7. The lowest BCUT2D eigenvalue weighted by Gasteiger charge is -2.19. The number of rotatable bonds is 7. The molecule has 3 N–H and O–H groups in total. The van der Waals surface area contributed by atoms with Crippen molar-refractivity contribution in [2.45, 2.75) is 26.4 Å². The Balaban J connectivity index is 2.01. The van der Waals surface area contributed by atoms with Gasteiger partial charge in [0.1, 0.15) is 12.2 Å². The van der Waals surface area contributed by atoms with Gasteiger partial charge >= 0.3 is 6.09 Å². The molecule has 0 aromatic carbocycles. The molecule has 7 heteroatoms. The highest BCUT2D eigenvalue weighted by Gasteiger charge is 2.15. The number of carbonyl (C=O) groups is 1. The van der Waals surface area contributed by atoms with E-state index in [1.54, 1.807) is 18.3 Å². The average Bonchev–Trinajstić information content (AvgIpc) is 2.35. The summed E-state index contributed by atoms with van der Waals surface area (Å²) in [5.74, 6) is 0.463. The molecule has 0 radical (unpaired) electrons. The fraction of sp³-hybridized carbons (Fsp3) is 0.571. The van der Waals surface area contributed by atoms with Crippen molar-refractivity contribution >= 4 is 11.8 Å². The van der Waals surface area contributed by atoms with Gasteiger partial charge in [0.05, 0.1) is 13.2 Å². The molecule has 0 spiro atoms. The van der Waals surface area contributed by atoms with Crippen molar-refractivity contribution in [2.24, 2.45) is 0 Å². The van der Waals surface area contributed by atoms with Crippen LogP contribution in [0, 0.1) is 0 Å². The second-order valence-corrected chi connectivity index (χ2v) is 5.32. The Bertz CT molecular complexity index is 446. The Morgan fingerprint density at radius 2 is 2.10 bits per heavy atom. The summed E-state index contributed by atoms with van der Waals surface area (Å²) in [7, 11) is 0. The minimum atomic E-state index is -0.497. The third-order valence-corrected chi connectivity index (χ3v) is 2.15. The number of hydrogen-bond acceptors (Lipinski definition) is 6. The van der Waals surface area contributed by atoms with E-state index in [0.29, 0.717) is 37.9 Å². The van der Waals surface area contributed by atoms with E-state index in [2.05, 4.69) is 10.3 Å². The summed E-state index contributed by atoms with van der Waals surface area (Å²) >= 11 is 0. The van der Waals surface area contributed by atoms with Gasteiger partial charge in [0.15, 0.2) is 0 Å². The van der Waals surface area contributed by atoms with E-state index in [4.69, 9.17) is 19.9 Å². The predicted octanol–water partition coefficient (Wildman–Crippen LogP) is 1.58. The predicted molar refractivity (Wildman–Crippen MR) is 79.2 cm³/mol. The standard InChI is InChI=1S/C14H23N3O4/c1-14(2,3)21-13(18)17-6-7-19-8-9-20-12-10-11(15)4-5-16-12/h4-5,10H,6-9H2,1-3H3,(H2,15,16)(H,17,18). The first-order valence-electron chi connectivity index (χ1n) is 6.76. The third kappa shape index (κ3) is 8.69. The Morgan fingerprint density at radius 1 is 1.33 bits per heavy atom. The van der Waals surface area contributed by atoms with Crippen LogP contribution >= 0.6 is 0 Å². The first kappa shape index (κ1) is 17.0. The number of pyridine rings is 1. The molecule has 0 atom stereocenters. The van der Waals surface area contributed by atoms with Gasteiger partial charge in [-0.25, -0.2) is 9.78 Å². The molecule has 21 heavy (non-hydrogen) atoms. The first-order chi connectivity index (χ1) is 9.87. The molecule has 0 bridgehead atoms. The van der Waals surface area contributed by atoms with Crippen molar-refractivity contribution in [1.82, 2.24) is 10.3 Å². The number of nitrogens with two attached hydrogens (primary N) is 1. The minimum Gasteiger partial charge on any atom is -0.475 e. The minimum absolute atomic E-state index is 0.364. The summed E-state index contributed by atoms with van der Waals surface area (Å²) in [4.78, 5) is 15.3. The second-order valence-electron chi connectivity index (χ2n) is 5.32. The summed E-state index contributed by atoms with van der Waals surface area (Å²) in [6, 6.07) is 3.33. The van der Waals surface area contributed by atoms with E-state index in [1.807, 2.05) is 20.8 Å². The van der Waals surface area contributed by atoms with Crippen molar-refractivity contribution in [1.29, 1.82) is 0 Å². The van der Waals surface area contributed by atoms with Gasteiger partial charge in [0, 0.05) is 24.5 Å². The maximum Gasteiger partial charge on any atom is 0.407 e. The number of nitrogens with zero attached hydrogens (tertiary/aromatic N) is 1. The van der Waals surface area contributed by atoms with Gasteiger partial charge in [-0.3, -0.25) is 0 Å². The highest BCUT2D eigenvalue weighted by molar-refractivity contribution is 5.67. The highest BCUT2D eigenvalue weighted by Crippen LogP contribution is 2.09. The fourth-order valence-electron chi connectivity index (χ4n) is 1.35. The zero-order chi connectivity index (χ0) is 15.7. The number of anilines is 1. The monoisotopic (exact) mass is 297 g/mol. The second kappa shape index (κ2) is 8.31. The van der Waals surface area contributed by atoms with Gasteiger partial charge in [-0.05, 0) is 26.8 Å². The van der Waals surface area contributed by atoms with Crippen LogP contribution in [0.15, 0.2) is 18.3 Å². The van der Waals surface area contributed by atoms with Gasteiger partial charge in [0.2, 0.25) is 5.88 Å². The number of alkyl carbamates (subject to hydrolysis) is 1. The highest BCUT2D eigenvalue weighted by atomic mass is 16.6. The lowest BCUT2D eigenvalue weighted by Crippen LogP contribution is -2.34. The summed E-state index contributed by atoms with van der Waals surface area (Å²) in [5.41, 5.74) is 5.70. The first-order valence-corrected chi connectivity index (χ1v) is 6.76. The Morgan fingerprint density at radius 3 is 2.76 bits per heavy atom. The quantitative estimate of drug-likeness (QED) is 0.742. The number of aromatic nitrogens is 1. The molecule has 0 saturated heterocycles. The van der Waals surface area contributed by atoms with Gasteiger partial charge in [-0.15, -0.1) is 0 Å². The van der Waals surface area contributed by atoms with Crippen LogP contribution in [0.5, 0.6) is 5.88 Å². The molecule has 0 fully saturated rings. The number of carbonyl (C=O) groups excluding carboxylic acids is 1. The molecule has 1 aromatic rings. The van der Waals surface area contributed by atoms with Gasteiger partial charge in [-0.1, -0.05) is 0 Å². The zero-order valence-electron chi connectivity index (χ0n) is 12.7. The molecule has 1 heterocycles. The lowest BCUT2D eigenvalue weighted by atomic mass is 10.2. The van der Waals surface area contributed by atoms with E-state index in [9.17, 15) is 4.79 Å². The van der Waals surface area contributed by atoms with E-state index in [1.165, 1.54) is 0 Å². The fourth-order valence-corrected chi connectivity index (χ4v) is 1.35. The zero-order valence-corrected chi connectivity index (χ0v) is 12.7. The van der Waals surface area contributed by atoms with Gasteiger partial charge in [-0.2, -0.15) is 0 Å². The molecule has 0 unspecified atom stereocenters. The maximum atomic E-state index is 11.3. The van der Waals surface area contributed by atoms with Crippen LogP contribution in [-0.4, -0.2) is 43.0 Å². The van der Waals surface area contributed by atoms with Crippen LogP contribution < -0.4 is 15.8 Å². The average molecular weight is 297 g/mol. The van der Waals surface area contributed by atoms with Crippen LogP contribution in [0.4, 0.5) is 10.5 Å². The van der Waals surface area contributed by atoms with Crippen molar-refractivity contribution < 1.29 is 19.0 Å². The largest absolute Gasteiger partial charge is 0.475 e. The van der Waals surface area contributed by atoms with Gasteiger partial charge < -0.3 is 25.3 Å². The van der Waals surface area contributed by atoms with E-state index < -0.39 is 11.7 Å².